The average Bonchev–Trinajstić information content (AvgIpc) is 2.82. The first kappa shape index (κ1) is 15.0. The number of likely N-dealkylation sites (tertiary alicyclic amines) is 1. The number of halogens is 1. The number of aromatic nitrogens is 2. The largest absolute Gasteiger partial charge is 0.339 e. The molecule has 0 spiro atoms. The number of carbonyl (C=O) groups excluding carboxylic acids is 1. The molecule has 3 atom stereocenters. The molecule has 1 amide bonds. The summed E-state index contributed by atoms with van der Waals surface area (Å²) in [6.45, 7) is 5.51. The van der Waals surface area contributed by atoms with Crippen LogP contribution in [-0.4, -0.2) is 39.5 Å². The molecule has 1 aromatic rings. The molecule has 0 aromatic carbocycles. The lowest BCUT2D eigenvalue weighted by molar-refractivity contribution is -0.134. The smallest absolute Gasteiger partial charge is 0.239 e. The first-order chi connectivity index (χ1) is 8.09. The molecule has 1 aromatic heterocycles. The summed E-state index contributed by atoms with van der Waals surface area (Å²) in [7, 11) is 0. The zero-order valence-electron chi connectivity index (χ0n) is 10.8. The molecule has 6 heteroatoms. The van der Waals surface area contributed by atoms with Crippen LogP contribution in [-0.2, 0) is 4.79 Å². The monoisotopic (exact) mass is 272 g/mol. The van der Waals surface area contributed by atoms with Gasteiger partial charge in [-0.25, -0.2) is 4.98 Å². The van der Waals surface area contributed by atoms with Gasteiger partial charge in [0.05, 0.1) is 18.4 Å². The topological polar surface area (TPSA) is 64.2 Å². The Morgan fingerprint density at radius 3 is 2.83 bits per heavy atom. The number of nitrogens with zero attached hydrogens (tertiary/aromatic N) is 3. The molecule has 2 heterocycles. The van der Waals surface area contributed by atoms with Crippen molar-refractivity contribution in [1.82, 2.24) is 14.5 Å². The Bertz CT molecular complexity index is 379. The highest BCUT2D eigenvalue weighted by molar-refractivity contribution is 5.85. The van der Waals surface area contributed by atoms with Crippen molar-refractivity contribution in [2.75, 3.05) is 13.1 Å². The predicted octanol–water partition coefficient (Wildman–Crippen LogP) is 1.06. The SMILES string of the molecule is CC(N)C(=O)N1CCC(C)C(n2ccnc2)C1.Cl. The average molecular weight is 273 g/mol. The summed E-state index contributed by atoms with van der Waals surface area (Å²) in [6.07, 6.45) is 6.57. The van der Waals surface area contributed by atoms with Gasteiger partial charge in [0.1, 0.15) is 0 Å². The van der Waals surface area contributed by atoms with Crippen molar-refractivity contribution in [2.24, 2.45) is 11.7 Å². The second kappa shape index (κ2) is 6.20. The molecule has 1 aliphatic heterocycles. The van der Waals surface area contributed by atoms with Crippen molar-refractivity contribution >= 4 is 18.3 Å². The summed E-state index contributed by atoms with van der Waals surface area (Å²) >= 11 is 0. The molecular weight excluding hydrogens is 252 g/mol. The Morgan fingerprint density at radius 2 is 2.28 bits per heavy atom. The molecule has 1 saturated heterocycles. The van der Waals surface area contributed by atoms with Crippen molar-refractivity contribution < 1.29 is 4.79 Å². The van der Waals surface area contributed by atoms with E-state index in [0.717, 1.165) is 19.5 Å². The summed E-state index contributed by atoms with van der Waals surface area (Å²) in [5, 5.41) is 0. The van der Waals surface area contributed by atoms with Gasteiger partial charge in [0.2, 0.25) is 5.91 Å². The van der Waals surface area contributed by atoms with Crippen LogP contribution in [0.25, 0.3) is 0 Å². The Morgan fingerprint density at radius 1 is 1.56 bits per heavy atom. The van der Waals surface area contributed by atoms with Gasteiger partial charge in [-0.3, -0.25) is 4.79 Å². The lowest BCUT2D eigenvalue weighted by Crippen LogP contribution is -2.49. The number of imidazole rings is 1. The number of hydrogen-bond donors (Lipinski definition) is 1. The summed E-state index contributed by atoms with van der Waals surface area (Å²) in [5.41, 5.74) is 5.66. The van der Waals surface area contributed by atoms with Gasteiger partial charge in [-0.05, 0) is 19.3 Å². The summed E-state index contributed by atoms with van der Waals surface area (Å²) < 4.78 is 2.09. The minimum absolute atomic E-state index is 0. The van der Waals surface area contributed by atoms with E-state index in [1.807, 2.05) is 17.4 Å². The van der Waals surface area contributed by atoms with E-state index in [-0.39, 0.29) is 18.3 Å². The van der Waals surface area contributed by atoms with E-state index in [1.165, 1.54) is 0 Å². The van der Waals surface area contributed by atoms with E-state index in [4.69, 9.17) is 5.73 Å². The van der Waals surface area contributed by atoms with Gasteiger partial charge in [-0.15, -0.1) is 12.4 Å². The van der Waals surface area contributed by atoms with Crippen LogP contribution in [0.15, 0.2) is 18.7 Å². The molecule has 2 rings (SSSR count). The standard InChI is InChI=1S/C12H20N4O.ClH/c1-9-3-5-15(12(17)10(2)13)7-11(9)16-6-4-14-8-16;/h4,6,8-11H,3,5,7,13H2,1-2H3;1H. The second-order valence-corrected chi connectivity index (χ2v) is 4.92. The number of carbonyl (C=O) groups is 1. The number of hydrogen-bond acceptors (Lipinski definition) is 3. The first-order valence-corrected chi connectivity index (χ1v) is 6.11. The molecule has 3 unspecified atom stereocenters. The van der Waals surface area contributed by atoms with E-state index in [0.29, 0.717) is 12.0 Å². The van der Waals surface area contributed by atoms with Gasteiger partial charge < -0.3 is 15.2 Å². The number of nitrogens with two attached hydrogens (primary N) is 1. The fraction of sp³-hybridized carbons (Fsp3) is 0.667. The zero-order chi connectivity index (χ0) is 12.4. The fourth-order valence-corrected chi connectivity index (χ4v) is 2.39. The van der Waals surface area contributed by atoms with Crippen LogP contribution >= 0.6 is 12.4 Å². The lowest BCUT2D eigenvalue weighted by Gasteiger charge is -2.38. The maximum absolute atomic E-state index is 11.9. The molecule has 2 N–H and O–H groups in total. The van der Waals surface area contributed by atoms with Crippen LogP contribution in [0.4, 0.5) is 0 Å². The molecule has 0 radical (unpaired) electrons. The fourth-order valence-electron chi connectivity index (χ4n) is 2.39. The van der Waals surface area contributed by atoms with Gasteiger partial charge in [0, 0.05) is 25.5 Å². The van der Waals surface area contributed by atoms with Gasteiger partial charge in [-0.2, -0.15) is 0 Å². The van der Waals surface area contributed by atoms with Crippen molar-refractivity contribution in [3.8, 4) is 0 Å². The molecular formula is C12H21ClN4O. The maximum atomic E-state index is 11.9. The Hall–Kier alpha value is -1.07. The van der Waals surface area contributed by atoms with E-state index in [2.05, 4.69) is 16.5 Å². The highest BCUT2D eigenvalue weighted by Crippen LogP contribution is 2.27. The van der Waals surface area contributed by atoms with Crippen molar-refractivity contribution in [1.29, 1.82) is 0 Å². The van der Waals surface area contributed by atoms with Gasteiger partial charge in [0.15, 0.2) is 0 Å². The molecule has 1 aliphatic rings. The highest BCUT2D eigenvalue weighted by Gasteiger charge is 2.30. The lowest BCUT2D eigenvalue weighted by atomic mass is 9.93. The Balaban J connectivity index is 0.00000162. The third-order valence-electron chi connectivity index (χ3n) is 3.53. The van der Waals surface area contributed by atoms with Crippen LogP contribution in [0.2, 0.25) is 0 Å². The van der Waals surface area contributed by atoms with Crippen molar-refractivity contribution in [3.63, 3.8) is 0 Å². The Labute approximate surface area is 114 Å². The molecule has 0 saturated carbocycles. The predicted molar refractivity (Wildman–Crippen MR) is 72.5 cm³/mol. The van der Waals surface area contributed by atoms with Crippen LogP contribution in [0.5, 0.6) is 0 Å². The second-order valence-electron chi connectivity index (χ2n) is 4.92. The molecule has 0 aliphatic carbocycles. The third kappa shape index (κ3) is 3.03. The van der Waals surface area contributed by atoms with Crippen LogP contribution in [0, 0.1) is 5.92 Å². The van der Waals surface area contributed by atoms with Crippen molar-refractivity contribution in [3.05, 3.63) is 18.7 Å². The molecule has 18 heavy (non-hydrogen) atoms. The van der Waals surface area contributed by atoms with Crippen LogP contribution in [0.1, 0.15) is 26.3 Å². The van der Waals surface area contributed by atoms with E-state index in [1.54, 1.807) is 13.1 Å². The number of piperidine rings is 1. The normalized spacial score (nSPS) is 25.4. The zero-order valence-corrected chi connectivity index (χ0v) is 11.6. The number of rotatable bonds is 2. The van der Waals surface area contributed by atoms with Gasteiger partial charge in [-0.1, -0.05) is 6.92 Å². The maximum Gasteiger partial charge on any atom is 0.239 e. The number of amides is 1. The first-order valence-electron chi connectivity index (χ1n) is 6.11. The van der Waals surface area contributed by atoms with E-state index < -0.39 is 6.04 Å². The molecule has 0 bridgehead atoms. The summed E-state index contributed by atoms with van der Waals surface area (Å²) in [4.78, 5) is 17.8. The minimum atomic E-state index is -0.410. The molecule has 102 valence electrons. The quantitative estimate of drug-likeness (QED) is 0.876. The van der Waals surface area contributed by atoms with E-state index in [9.17, 15) is 4.79 Å². The van der Waals surface area contributed by atoms with Gasteiger partial charge >= 0.3 is 0 Å². The minimum Gasteiger partial charge on any atom is -0.339 e. The van der Waals surface area contributed by atoms with Crippen LogP contribution in [0.3, 0.4) is 0 Å². The van der Waals surface area contributed by atoms with Crippen LogP contribution < -0.4 is 5.73 Å². The van der Waals surface area contributed by atoms with Gasteiger partial charge in [0.25, 0.3) is 0 Å². The van der Waals surface area contributed by atoms with E-state index >= 15 is 0 Å². The molecule has 1 fully saturated rings. The molecule has 5 nitrogen and oxygen atoms in total. The summed E-state index contributed by atoms with van der Waals surface area (Å²) in [6, 6.07) is -0.0965. The third-order valence-corrected chi connectivity index (χ3v) is 3.53. The summed E-state index contributed by atoms with van der Waals surface area (Å²) in [5.74, 6) is 0.600. The van der Waals surface area contributed by atoms with Crippen molar-refractivity contribution in [2.45, 2.75) is 32.4 Å². The Kier molecular flexibility index (Phi) is 5.16. The highest BCUT2D eigenvalue weighted by atomic mass is 35.5.